The predicted octanol–water partition coefficient (Wildman–Crippen LogP) is 4.10. The summed E-state index contributed by atoms with van der Waals surface area (Å²) < 4.78 is 10.6. The van der Waals surface area contributed by atoms with Gasteiger partial charge in [-0.3, -0.25) is 14.5 Å². The Morgan fingerprint density at radius 2 is 1.35 bits per heavy atom. The van der Waals surface area contributed by atoms with Crippen LogP contribution >= 0.6 is 0 Å². The fourth-order valence-corrected chi connectivity index (χ4v) is 3.50. The summed E-state index contributed by atoms with van der Waals surface area (Å²) in [5.74, 6) is 0.426. The fraction of sp³-hybridized carbons (Fsp3) is 0.120. The van der Waals surface area contributed by atoms with Gasteiger partial charge in [0.25, 0.3) is 11.8 Å². The van der Waals surface area contributed by atoms with Crippen LogP contribution in [0.25, 0.3) is 5.57 Å². The molecular formula is C25H22N2O4. The van der Waals surface area contributed by atoms with Crippen molar-refractivity contribution in [3.8, 4) is 11.5 Å². The average Bonchev–Trinajstić information content (AvgIpc) is 3.04. The summed E-state index contributed by atoms with van der Waals surface area (Å²) in [6.45, 7) is 0.196. The second kappa shape index (κ2) is 8.75. The van der Waals surface area contributed by atoms with E-state index < -0.39 is 0 Å². The molecule has 31 heavy (non-hydrogen) atoms. The highest BCUT2D eigenvalue weighted by Gasteiger charge is 2.39. The number of rotatable bonds is 7. The number of anilines is 1. The minimum absolute atomic E-state index is 0.196. The van der Waals surface area contributed by atoms with Gasteiger partial charge in [0.2, 0.25) is 0 Å². The molecule has 1 heterocycles. The summed E-state index contributed by atoms with van der Waals surface area (Å²) in [5, 5.41) is 3.14. The van der Waals surface area contributed by atoms with Crippen LogP contribution in [0.5, 0.6) is 11.5 Å². The first kappa shape index (κ1) is 20.2. The number of nitrogens with one attached hydrogen (secondary N) is 1. The van der Waals surface area contributed by atoms with Crippen LogP contribution in [0.2, 0.25) is 0 Å². The minimum Gasteiger partial charge on any atom is -0.497 e. The summed E-state index contributed by atoms with van der Waals surface area (Å²) in [4.78, 5) is 27.9. The molecule has 0 radical (unpaired) electrons. The molecule has 1 N–H and O–H groups in total. The minimum atomic E-state index is -0.380. The van der Waals surface area contributed by atoms with Crippen LogP contribution in [-0.2, 0) is 16.1 Å². The lowest BCUT2D eigenvalue weighted by atomic mass is 10.0. The van der Waals surface area contributed by atoms with Crippen molar-refractivity contribution in [1.29, 1.82) is 0 Å². The zero-order valence-electron chi connectivity index (χ0n) is 17.3. The van der Waals surface area contributed by atoms with Crippen LogP contribution in [0.4, 0.5) is 5.69 Å². The quantitative estimate of drug-likeness (QED) is 0.590. The third-order valence-electron chi connectivity index (χ3n) is 5.03. The summed E-state index contributed by atoms with van der Waals surface area (Å²) >= 11 is 0. The second-order valence-corrected chi connectivity index (χ2v) is 7.02. The Labute approximate surface area is 180 Å². The Morgan fingerprint density at radius 3 is 1.94 bits per heavy atom. The first-order chi connectivity index (χ1) is 15.1. The standard InChI is InChI=1S/C25H22N2O4/c1-30-20-13-19(14-21(15-20)31-2)26-23-22(18-11-7-4-8-12-18)24(28)27(25(23)29)16-17-9-5-3-6-10-17/h3-15,26H,16H2,1-2H3. The van der Waals surface area contributed by atoms with Crippen LogP contribution in [0, 0.1) is 0 Å². The molecule has 0 spiro atoms. The zero-order chi connectivity index (χ0) is 21.8. The van der Waals surface area contributed by atoms with Gasteiger partial charge in [0, 0.05) is 23.9 Å². The van der Waals surface area contributed by atoms with Crippen LogP contribution < -0.4 is 14.8 Å². The van der Waals surface area contributed by atoms with Gasteiger partial charge in [0.15, 0.2) is 0 Å². The maximum atomic E-state index is 13.3. The highest BCUT2D eigenvalue weighted by atomic mass is 16.5. The Balaban J connectivity index is 1.75. The van der Waals surface area contributed by atoms with Crippen molar-refractivity contribution in [1.82, 2.24) is 4.90 Å². The van der Waals surface area contributed by atoms with Gasteiger partial charge in [-0.25, -0.2) is 0 Å². The van der Waals surface area contributed by atoms with Crippen molar-refractivity contribution in [2.75, 3.05) is 19.5 Å². The molecule has 6 nitrogen and oxygen atoms in total. The third kappa shape index (κ3) is 4.14. The highest BCUT2D eigenvalue weighted by Crippen LogP contribution is 2.33. The summed E-state index contributed by atoms with van der Waals surface area (Å²) in [6, 6.07) is 23.9. The lowest BCUT2D eigenvalue weighted by Gasteiger charge is -2.15. The molecule has 0 saturated carbocycles. The number of imide groups is 1. The molecule has 156 valence electrons. The maximum absolute atomic E-state index is 13.3. The number of carbonyl (C=O) groups excluding carboxylic acids is 2. The monoisotopic (exact) mass is 414 g/mol. The predicted molar refractivity (Wildman–Crippen MR) is 119 cm³/mol. The van der Waals surface area contributed by atoms with E-state index in [2.05, 4.69) is 5.32 Å². The van der Waals surface area contributed by atoms with Gasteiger partial charge in [-0.05, 0) is 11.1 Å². The molecule has 6 heteroatoms. The van der Waals surface area contributed by atoms with E-state index in [-0.39, 0.29) is 24.1 Å². The van der Waals surface area contributed by atoms with Gasteiger partial charge < -0.3 is 14.8 Å². The molecule has 0 aromatic heterocycles. The summed E-state index contributed by atoms with van der Waals surface area (Å²) in [7, 11) is 3.11. The molecule has 0 bridgehead atoms. The zero-order valence-corrected chi connectivity index (χ0v) is 17.3. The molecule has 4 rings (SSSR count). The number of hydrogen-bond donors (Lipinski definition) is 1. The van der Waals surface area contributed by atoms with Gasteiger partial charge in [-0.15, -0.1) is 0 Å². The smallest absolute Gasteiger partial charge is 0.278 e. The lowest BCUT2D eigenvalue weighted by molar-refractivity contribution is -0.137. The van der Waals surface area contributed by atoms with E-state index in [0.717, 1.165) is 5.56 Å². The summed E-state index contributed by atoms with van der Waals surface area (Å²) in [5.41, 5.74) is 2.70. The number of nitrogens with zero attached hydrogens (tertiary/aromatic N) is 1. The van der Waals surface area contributed by atoms with E-state index in [1.54, 1.807) is 32.4 Å². The molecule has 0 unspecified atom stereocenters. The Morgan fingerprint density at radius 1 is 0.774 bits per heavy atom. The van der Waals surface area contributed by atoms with E-state index in [4.69, 9.17) is 9.47 Å². The molecule has 1 aliphatic rings. The van der Waals surface area contributed by atoms with E-state index in [1.807, 2.05) is 60.7 Å². The number of ether oxygens (including phenoxy) is 2. The summed E-state index contributed by atoms with van der Waals surface area (Å²) in [6.07, 6.45) is 0. The first-order valence-electron chi connectivity index (χ1n) is 9.80. The maximum Gasteiger partial charge on any atom is 0.278 e. The van der Waals surface area contributed by atoms with E-state index >= 15 is 0 Å². The van der Waals surface area contributed by atoms with Crippen molar-refractivity contribution >= 4 is 23.1 Å². The number of methoxy groups -OCH3 is 2. The van der Waals surface area contributed by atoms with Crippen LogP contribution in [-0.4, -0.2) is 30.9 Å². The SMILES string of the molecule is COc1cc(NC2=C(c3ccccc3)C(=O)N(Cc3ccccc3)C2=O)cc(OC)c1. The van der Waals surface area contributed by atoms with Crippen LogP contribution in [0.3, 0.4) is 0 Å². The molecular weight excluding hydrogens is 392 g/mol. The molecule has 2 amide bonds. The Kier molecular flexibility index (Phi) is 5.71. The molecule has 3 aromatic carbocycles. The van der Waals surface area contributed by atoms with Gasteiger partial charge in [-0.2, -0.15) is 0 Å². The van der Waals surface area contributed by atoms with Gasteiger partial charge in [0.1, 0.15) is 17.2 Å². The third-order valence-corrected chi connectivity index (χ3v) is 5.03. The van der Waals surface area contributed by atoms with E-state index in [9.17, 15) is 9.59 Å². The van der Waals surface area contributed by atoms with Crippen molar-refractivity contribution in [3.63, 3.8) is 0 Å². The number of amides is 2. The molecule has 0 aliphatic carbocycles. The Bertz CT molecular complexity index is 1120. The largest absolute Gasteiger partial charge is 0.497 e. The highest BCUT2D eigenvalue weighted by molar-refractivity contribution is 6.36. The van der Waals surface area contributed by atoms with Gasteiger partial charge >= 0.3 is 0 Å². The first-order valence-corrected chi connectivity index (χ1v) is 9.80. The molecule has 3 aromatic rings. The second-order valence-electron chi connectivity index (χ2n) is 7.02. The van der Waals surface area contributed by atoms with Crippen LogP contribution in [0.1, 0.15) is 11.1 Å². The number of carbonyl (C=O) groups is 2. The van der Waals surface area contributed by atoms with Crippen molar-refractivity contribution in [2.24, 2.45) is 0 Å². The van der Waals surface area contributed by atoms with Crippen molar-refractivity contribution in [2.45, 2.75) is 6.54 Å². The van der Waals surface area contributed by atoms with Gasteiger partial charge in [-0.1, -0.05) is 60.7 Å². The number of hydrogen-bond acceptors (Lipinski definition) is 5. The van der Waals surface area contributed by atoms with Gasteiger partial charge in [0.05, 0.1) is 26.3 Å². The van der Waals surface area contributed by atoms with Crippen LogP contribution in [0.15, 0.2) is 84.6 Å². The molecule has 0 saturated heterocycles. The topological polar surface area (TPSA) is 67.9 Å². The fourth-order valence-electron chi connectivity index (χ4n) is 3.50. The number of benzene rings is 3. The molecule has 1 aliphatic heterocycles. The van der Waals surface area contributed by atoms with E-state index in [1.165, 1.54) is 4.90 Å². The normalized spacial score (nSPS) is 13.5. The van der Waals surface area contributed by atoms with Crippen molar-refractivity contribution in [3.05, 3.63) is 95.7 Å². The lowest BCUT2D eigenvalue weighted by Crippen LogP contribution is -2.31. The van der Waals surface area contributed by atoms with Crippen molar-refractivity contribution < 1.29 is 19.1 Å². The average molecular weight is 414 g/mol. The molecule has 0 atom stereocenters. The Hall–Kier alpha value is -4.06. The van der Waals surface area contributed by atoms with E-state index in [0.29, 0.717) is 28.3 Å². The molecule has 0 fully saturated rings.